The fraction of sp³-hybridized carbons (Fsp3) is 0.259. The molecule has 0 amide bonds. The Labute approximate surface area is 201 Å². The van der Waals surface area contributed by atoms with Crippen molar-refractivity contribution < 1.29 is 23.4 Å². The highest BCUT2D eigenvalue weighted by Crippen LogP contribution is 2.37. The number of pyridine rings is 1. The number of ether oxygens (including phenoxy) is 1. The molecule has 0 aliphatic heterocycles. The number of fused-ring (bicyclic) bond motifs is 1. The first-order valence-electron chi connectivity index (χ1n) is 11.1. The molecule has 0 spiro atoms. The van der Waals surface area contributed by atoms with Gasteiger partial charge in [0.15, 0.2) is 6.10 Å². The SMILES string of the molecule is Cn1c(C(OC(C)(C)C)C(=O)O)c(-c2ccc(F)cc2)c2ccn(Cc3ccc(F)cc3)c2c1=O. The molecule has 2 aromatic heterocycles. The lowest BCUT2D eigenvalue weighted by Crippen LogP contribution is -2.33. The van der Waals surface area contributed by atoms with Gasteiger partial charge >= 0.3 is 5.97 Å². The molecular formula is C27H26F2N2O4. The van der Waals surface area contributed by atoms with Crippen molar-refractivity contribution in [3.05, 3.63) is 94.0 Å². The summed E-state index contributed by atoms with van der Waals surface area (Å²) in [6, 6.07) is 13.4. The highest BCUT2D eigenvalue weighted by molar-refractivity contribution is 5.98. The Kier molecular flexibility index (Phi) is 6.34. The number of hydrogen-bond acceptors (Lipinski definition) is 3. The standard InChI is InChI=1S/C27H26F2N2O4/c1-27(2,3)35-24(26(33)34)23-21(17-7-11-19(29)12-8-17)20-13-14-31(22(20)25(32)30(23)4)15-16-5-9-18(28)10-6-16/h5-14,24H,15H2,1-4H3,(H,33,34). The van der Waals surface area contributed by atoms with E-state index in [1.165, 1.54) is 35.9 Å². The molecule has 0 saturated heterocycles. The van der Waals surface area contributed by atoms with Crippen LogP contribution < -0.4 is 5.56 Å². The van der Waals surface area contributed by atoms with E-state index in [0.29, 0.717) is 28.6 Å². The quantitative estimate of drug-likeness (QED) is 0.408. The van der Waals surface area contributed by atoms with Crippen molar-refractivity contribution in [3.8, 4) is 11.1 Å². The van der Waals surface area contributed by atoms with Crippen LogP contribution in [0.25, 0.3) is 22.0 Å². The number of aromatic nitrogens is 2. The second-order valence-corrected chi connectivity index (χ2v) is 9.41. The van der Waals surface area contributed by atoms with Gasteiger partial charge in [-0.2, -0.15) is 0 Å². The van der Waals surface area contributed by atoms with Crippen molar-refractivity contribution in [2.75, 3.05) is 0 Å². The fourth-order valence-electron chi connectivity index (χ4n) is 4.21. The summed E-state index contributed by atoms with van der Waals surface area (Å²) in [6.07, 6.45) is 0.282. The van der Waals surface area contributed by atoms with Crippen molar-refractivity contribution in [2.45, 2.75) is 39.0 Å². The number of aliphatic carboxylic acids is 1. The number of carbonyl (C=O) groups is 1. The van der Waals surface area contributed by atoms with Crippen molar-refractivity contribution in [1.29, 1.82) is 0 Å². The molecule has 182 valence electrons. The number of nitrogens with zero attached hydrogens (tertiary/aromatic N) is 2. The number of hydrogen-bond donors (Lipinski definition) is 1. The minimum atomic E-state index is -1.45. The lowest BCUT2D eigenvalue weighted by molar-refractivity contribution is -0.161. The van der Waals surface area contributed by atoms with Crippen LogP contribution in [0, 0.1) is 11.6 Å². The smallest absolute Gasteiger partial charge is 0.339 e. The fourth-order valence-corrected chi connectivity index (χ4v) is 4.21. The molecule has 2 aromatic carbocycles. The van der Waals surface area contributed by atoms with Crippen LogP contribution in [0.15, 0.2) is 65.6 Å². The third-order valence-corrected chi connectivity index (χ3v) is 5.70. The zero-order chi connectivity index (χ0) is 25.5. The summed E-state index contributed by atoms with van der Waals surface area (Å²) < 4.78 is 36.0. The van der Waals surface area contributed by atoms with Gasteiger partial charge in [0.1, 0.15) is 17.2 Å². The molecule has 0 bridgehead atoms. The van der Waals surface area contributed by atoms with E-state index in [2.05, 4.69) is 0 Å². The van der Waals surface area contributed by atoms with E-state index in [0.717, 1.165) is 5.56 Å². The Hall–Kier alpha value is -3.78. The van der Waals surface area contributed by atoms with Crippen LogP contribution in [-0.2, 0) is 23.1 Å². The number of carboxylic acids is 1. The number of carboxylic acid groups (broad SMARTS) is 1. The van der Waals surface area contributed by atoms with Crippen LogP contribution in [0.1, 0.15) is 38.1 Å². The third-order valence-electron chi connectivity index (χ3n) is 5.70. The van der Waals surface area contributed by atoms with Gasteiger partial charge in [-0.25, -0.2) is 13.6 Å². The number of halogens is 2. The largest absolute Gasteiger partial charge is 0.479 e. The maximum Gasteiger partial charge on any atom is 0.339 e. The molecule has 0 fully saturated rings. The molecule has 1 atom stereocenters. The van der Waals surface area contributed by atoms with Crippen molar-refractivity contribution in [1.82, 2.24) is 9.13 Å². The zero-order valence-corrected chi connectivity index (χ0v) is 19.9. The highest BCUT2D eigenvalue weighted by atomic mass is 19.1. The molecule has 0 radical (unpaired) electrons. The molecule has 1 unspecified atom stereocenters. The Morgan fingerprint density at radius 3 is 2.11 bits per heavy atom. The summed E-state index contributed by atoms with van der Waals surface area (Å²) in [5.74, 6) is -2.04. The van der Waals surface area contributed by atoms with Gasteiger partial charge < -0.3 is 19.0 Å². The minimum absolute atomic E-state index is 0.163. The molecule has 4 aromatic rings. The predicted molar refractivity (Wildman–Crippen MR) is 129 cm³/mol. The summed E-state index contributed by atoms with van der Waals surface area (Å²) in [4.78, 5) is 25.9. The number of benzene rings is 2. The molecule has 35 heavy (non-hydrogen) atoms. The third kappa shape index (κ3) is 4.88. The number of rotatable bonds is 6. The van der Waals surface area contributed by atoms with E-state index in [1.54, 1.807) is 61.9 Å². The van der Waals surface area contributed by atoms with Gasteiger partial charge in [-0.05, 0) is 62.2 Å². The molecule has 6 nitrogen and oxygen atoms in total. The van der Waals surface area contributed by atoms with E-state index >= 15 is 0 Å². The van der Waals surface area contributed by atoms with E-state index in [9.17, 15) is 23.5 Å². The summed E-state index contributed by atoms with van der Waals surface area (Å²) in [6.45, 7) is 5.50. The van der Waals surface area contributed by atoms with Crippen LogP contribution in [-0.4, -0.2) is 25.8 Å². The van der Waals surface area contributed by atoms with Crippen LogP contribution in [0.4, 0.5) is 8.78 Å². The summed E-state index contributed by atoms with van der Waals surface area (Å²) in [5, 5.41) is 10.6. The molecular weight excluding hydrogens is 454 g/mol. The Bertz CT molecular complexity index is 1450. The Balaban J connectivity index is 2.02. The topological polar surface area (TPSA) is 73.5 Å². The Morgan fingerprint density at radius 1 is 1.00 bits per heavy atom. The van der Waals surface area contributed by atoms with Gasteiger partial charge in [-0.15, -0.1) is 0 Å². The minimum Gasteiger partial charge on any atom is -0.479 e. The van der Waals surface area contributed by atoms with Gasteiger partial charge in [0, 0.05) is 30.7 Å². The summed E-state index contributed by atoms with van der Waals surface area (Å²) in [5.41, 5.74) is 1.09. The molecule has 0 saturated carbocycles. The maximum absolute atomic E-state index is 13.7. The first-order valence-corrected chi connectivity index (χ1v) is 11.1. The van der Waals surface area contributed by atoms with Crippen LogP contribution in [0.3, 0.4) is 0 Å². The van der Waals surface area contributed by atoms with Crippen molar-refractivity contribution in [3.63, 3.8) is 0 Å². The van der Waals surface area contributed by atoms with Gasteiger partial charge in [0.2, 0.25) is 0 Å². The van der Waals surface area contributed by atoms with Gasteiger partial charge in [0.25, 0.3) is 5.56 Å². The van der Waals surface area contributed by atoms with Gasteiger partial charge in [-0.3, -0.25) is 4.79 Å². The second kappa shape index (κ2) is 9.11. The highest BCUT2D eigenvalue weighted by Gasteiger charge is 2.33. The van der Waals surface area contributed by atoms with Crippen LogP contribution in [0.5, 0.6) is 0 Å². The van der Waals surface area contributed by atoms with Crippen molar-refractivity contribution in [2.24, 2.45) is 7.05 Å². The average molecular weight is 481 g/mol. The monoisotopic (exact) mass is 480 g/mol. The van der Waals surface area contributed by atoms with Gasteiger partial charge in [0.05, 0.1) is 11.3 Å². The van der Waals surface area contributed by atoms with E-state index < -0.39 is 29.1 Å². The van der Waals surface area contributed by atoms with Crippen molar-refractivity contribution >= 4 is 16.9 Å². The van der Waals surface area contributed by atoms with E-state index in [4.69, 9.17) is 4.74 Å². The lowest BCUT2D eigenvalue weighted by Gasteiger charge is -2.28. The maximum atomic E-state index is 13.7. The zero-order valence-electron chi connectivity index (χ0n) is 19.9. The second-order valence-electron chi connectivity index (χ2n) is 9.41. The normalized spacial score (nSPS) is 12.7. The van der Waals surface area contributed by atoms with Gasteiger partial charge in [-0.1, -0.05) is 24.3 Å². The first-order chi connectivity index (χ1) is 16.5. The molecule has 0 aliphatic carbocycles. The summed E-state index contributed by atoms with van der Waals surface area (Å²) in [7, 11) is 1.50. The van der Waals surface area contributed by atoms with E-state index in [1.807, 2.05) is 0 Å². The van der Waals surface area contributed by atoms with E-state index in [-0.39, 0.29) is 11.5 Å². The van der Waals surface area contributed by atoms with Crippen LogP contribution in [0.2, 0.25) is 0 Å². The molecule has 4 rings (SSSR count). The Morgan fingerprint density at radius 2 is 1.57 bits per heavy atom. The molecule has 2 heterocycles. The molecule has 8 heteroatoms. The first kappa shape index (κ1) is 24.3. The lowest BCUT2D eigenvalue weighted by atomic mass is 9.96. The predicted octanol–water partition coefficient (Wildman–Crippen LogP) is 5.27. The molecule has 0 aliphatic rings. The average Bonchev–Trinajstić information content (AvgIpc) is 3.19. The molecule has 1 N–H and O–H groups in total. The summed E-state index contributed by atoms with van der Waals surface area (Å²) >= 11 is 0. The van der Waals surface area contributed by atoms with Crippen LogP contribution >= 0.6 is 0 Å².